The van der Waals surface area contributed by atoms with Crippen molar-refractivity contribution in [1.82, 2.24) is 5.32 Å². The first-order valence-electron chi connectivity index (χ1n) is 5.52. The Hall–Kier alpha value is -1.45. The maximum absolute atomic E-state index is 5.92. The van der Waals surface area contributed by atoms with Crippen molar-refractivity contribution in [2.75, 3.05) is 12.3 Å². The van der Waals surface area contributed by atoms with Gasteiger partial charge >= 0.3 is 0 Å². The summed E-state index contributed by atoms with van der Waals surface area (Å²) in [5, 5.41) is 3.99. The quantitative estimate of drug-likeness (QED) is 0.634. The molecule has 17 heavy (non-hydrogen) atoms. The van der Waals surface area contributed by atoms with Crippen LogP contribution in [0.15, 0.2) is 41.0 Å². The molecule has 1 aromatic heterocycles. The molecule has 0 amide bonds. The van der Waals surface area contributed by atoms with Gasteiger partial charge in [-0.25, -0.2) is 0 Å². The number of halogens is 1. The van der Waals surface area contributed by atoms with Gasteiger partial charge in [-0.15, -0.1) is 0 Å². The molecule has 0 fully saturated rings. The zero-order valence-corrected chi connectivity index (χ0v) is 10.2. The van der Waals surface area contributed by atoms with E-state index in [4.69, 9.17) is 21.8 Å². The lowest BCUT2D eigenvalue weighted by Gasteiger charge is -2.05. The monoisotopic (exact) mass is 250 g/mol. The highest BCUT2D eigenvalue weighted by Crippen LogP contribution is 2.16. The molecular weight excluding hydrogens is 236 g/mol. The number of hydrogen-bond acceptors (Lipinski definition) is 3. The van der Waals surface area contributed by atoms with E-state index in [1.807, 2.05) is 24.3 Å². The second-order valence-corrected chi connectivity index (χ2v) is 4.34. The van der Waals surface area contributed by atoms with Crippen molar-refractivity contribution in [3.8, 4) is 0 Å². The van der Waals surface area contributed by atoms with Gasteiger partial charge in [0.15, 0.2) is 0 Å². The Labute approximate surface area is 106 Å². The molecule has 2 rings (SSSR count). The fourth-order valence-corrected chi connectivity index (χ4v) is 1.94. The molecule has 2 aromatic rings. The third kappa shape index (κ3) is 3.80. The lowest BCUT2D eigenvalue weighted by atomic mass is 10.2. The van der Waals surface area contributed by atoms with Crippen molar-refractivity contribution >= 4 is 17.3 Å². The van der Waals surface area contributed by atoms with E-state index < -0.39 is 0 Å². The van der Waals surface area contributed by atoms with Gasteiger partial charge < -0.3 is 15.5 Å². The van der Waals surface area contributed by atoms with Gasteiger partial charge in [0.1, 0.15) is 5.76 Å². The molecule has 0 radical (unpaired) electrons. The molecule has 3 nitrogen and oxygen atoms in total. The van der Waals surface area contributed by atoms with Crippen molar-refractivity contribution in [2.24, 2.45) is 0 Å². The molecule has 0 aliphatic rings. The van der Waals surface area contributed by atoms with Crippen LogP contribution in [0.1, 0.15) is 11.3 Å². The van der Waals surface area contributed by atoms with Gasteiger partial charge in [0.25, 0.3) is 0 Å². The molecule has 0 atom stereocenters. The van der Waals surface area contributed by atoms with Crippen LogP contribution >= 0.6 is 11.6 Å². The van der Waals surface area contributed by atoms with Crippen LogP contribution in [0.2, 0.25) is 5.02 Å². The van der Waals surface area contributed by atoms with E-state index in [1.165, 1.54) is 0 Å². The van der Waals surface area contributed by atoms with Gasteiger partial charge in [0.2, 0.25) is 0 Å². The number of anilines is 1. The molecule has 0 saturated carbocycles. The average Bonchev–Trinajstić information content (AvgIpc) is 2.76. The molecule has 4 heteroatoms. The fourth-order valence-electron chi connectivity index (χ4n) is 1.68. The average molecular weight is 251 g/mol. The van der Waals surface area contributed by atoms with Crippen molar-refractivity contribution in [1.29, 1.82) is 0 Å². The zero-order valence-electron chi connectivity index (χ0n) is 9.45. The summed E-state index contributed by atoms with van der Waals surface area (Å²) in [6.45, 7) is 1.62. The van der Waals surface area contributed by atoms with Crippen LogP contribution in [0.4, 0.5) is 5.69 Å². The standard InChI is InChI=1S/C13H15ClN2O/c14-11-6-10(7-12(15)8-11)9-16-4-3-13-2-1-5-17-13/h1-2,5-8,16H,3-4,9,15H2. The number of nitrogens with one attached hydrogen (secondary N) is 1. The Morgan fingerprint density at radius 3 is 2.88 bits per heavy atom. The van der Waals surface area contributed by atoms with E-state index in [-0.39, 0.29) is 0 Å². The second kappa shape index (κ2) is 5.75. The van der Waals surface area contributed by atoms with Crippen LogP contribution < -0.4 is 11.1 Å². The molecule has 0 bridgehead atoms. The molecule has 90 valence electrons. The number of rotatable bonds is 5. The number of nitrogens with two attached hydrogens (primary N) is 1. The molecule has 0 aliphatic carbocycles. The first kappa shape index (κ1) is 12.0. The number of benzene rings is 1. The summed E-state index contributed by atoms with van der Waals surface area (Å²) < 4.78 is 5.24. The van der Waals surface area contributed by atoms with Crippen LogP contribution in [0.5, 0.6) is 0 Å². The number of nitrogen functional groups attached to an aromatic ring is 1. The Morgan fingerprint density at radius 2 is 2.18 bits per heavy atom. The minimum Gasteiger partial charge on any atom is -0.469 e. The molecule has 0 saturated heterocycles. The van der Waals surface area contributed by atoms with E-state index in [0.29, 0.717) is 10.7 Å². The first-order chi connectivity index (χ1) is 8.24. The molecule has 0 aliphatic heterocycles. The molecule has 1 aromatic carbocycles. The minimum absolute atomic E-state index is 0.674. The summed E-state index contributed by atoms with van der Waals surface area (Å²) in [7, 11) is 0. The minimum atomic E-state index is 0.674. The van der Waals surface area contributed by atoms with Crippen molar-refractivity contribution in [3.63, 3.8) is 0 Å². The van der Waals surface area contributed by atoms with E-state index in [1.54, 1.807) is 12.3 Å². The molecule has 1 heterocycles. The Balaban J connectivity index is 1.78. The first-order valence-corrected chi connectivity index (χ1v) is 5.90. The van der Waals surface area contributed by atoms with E-state index in [9.17, 15) is 0 Å². The van der Waals surface area contributed by atoms with Crippen LogP contribution in [-0.4, -0.2) is 6.54 Å². The predicted octanol–water partition coefficient (Wildman–Crippen LogP) is 2.85. The van der Waals surface area contributed by atoms with Crippen LogP contribution in [0.25, 0.3) is 0 Å². The summed E-state index contributed by atoms with van der Waals surface area (Å²) >= 11 is 5.92. The van der Waals surface area contributed by atoms with Crippen LogP contribution in [-0.2, 0) is 13.0 Å². The zero-order chi connectivity index (χ0) is 12.1. The summed E-state index contributed by atoms with van der Waals surface area (Å²) in [5.41, 5.74) is 7.50. The van der Waals surface area contributed by atoms with Gasteiger partial charge in [0, 0.05) is 30.2 Å². The lowest BCUT2D eigenvalue weighted by molar-refractivity contribution is 0.499. The van der Waals surface area contributed by atoms with Crippen LogP contribution in [0, 0.1) is 0 Å². The van der Waals surface area contributed by atoms with Gasteiger partial charge in [-0.1, -0.05) is 11.6 Å². The highest BCUT2D eigenvalue weighted by molar-refractivity contribution is 6.30. The van der Waals surface area contributed by atoms with Crippen molar-refractivity contribution in [2.45, 2.75) is 13.0 Å². The number of furan rings is 1. The van der Waals surface area contributed by atoms with Crippen LogP contribution in [0.3, 0.4) is 0 Å². The topological polar surface area (TPSA) is 51.2 Å². The molecular formula is C13H15ClN2O. The third-order valence-electron chi connectivity index (χ3n) is 2.44. The molecule has 3 N–H and O–H groups in total. The highest BCUT2D eigenvalue weighted by atomic mass is 35.5. The van der Waals surface area contributed by atoms with Gasteiger partial charge in [0.05, 0.1) is 6.26 Å². The van der Waals surface area contributed by atoms with Crippen molar-refractivity contribution < 1.29 is 4.42 Å². The van der Waals surface area contributed by atoms with Gasteiger partial charge in [-0.3, -0.25) is 0 Å². The largest absolute Gasteiger partial charge is 0.469 e. The summed E-state index contributed by atoms with van der Waals surface area (Å²) in [6.07, 6.45) is 2.57. The fraction of sp³-hybridized carbons (Fsp3) is 0.231. The Morgan fingerprint density at radius 1 is 1.29 bits per heavy atom. The van der Waals surface area contributed by atoms with E-state index >= 15 is 0 Å². The van der Waals surface area contributed by atoms with E-state index in [0.717, 1.165) is 30.8 Å². The second-order valence-electron chi connectivity index (χ2n) is 3.90. The maximum Gasteiger partial charge on any atom is 0.105 e. The summed E-state index contributed by atoms with van der Waals surface area (Å²) in [6, 6.07) is 9.45. The van der Waals surface area contributed by atoms with E-state index in [2.05, 4.69) is 5.32 Å². The predicted molar refractivity (Wildman–Crippen MR) is 70.0 cm³/mol. The van der Waals surface area contributed by atoms with Gasteiger partial charge in [-0.2, -0.15) is 0 Å². The smallest absolute Gasteiger partial charge is 0.105 e. The third-order valence-corrected chi connectivity index (χ3v) is 2.66. The normalized spacial score (nSPS) is 10.6. The highest BCUT2D eigenvalue weighted by Gasteiger charge is 1.98. The summed E-state index contributed by atoms with van der Waals surface area (Å²) in [5.74, 6) is 0.989. The lowest BCUT2D eigenvalue weighted by Crippen LogP contribution is -2.16. The SMILES string of the molecule is Nc1cc(Cl)cc(CNCCc2ccco2)c1. The molecule has 0 spiro atoms. The van der Waals surface area contributed by atoms with Crippen molar-refractivity contribution in [3.05, 3.63) is 52.9 Å². The Bertz CT molecular complexity index is 448. The number of hydrogen-bond donors (Lipinski definition) is 2. The van der Waals surface area contributed by atoms with Gasteiger partial charge in [-0.05, 0) is 35.9 Å². The summed E-state index contributed by atoms with van der Waals surface area (Å²) in [4.78, 5) is 0. The maximum atomic E-state index is 5.92. The molecule has 0 unspecified atom stereocenters. The Kier molecular flexibility index (Phi) is 4.07.